The highest BCUT2D eigenvalue weighted by Crippen LogP contribution is 2.21. The lowest BCUT2D eigenvalue weighted by atomic mass is 10.1. The van der Waals surface area contributed by atoms with Gasteiger partial charge in [0.15, 0.2) is 0 Å². The van der Waals surface area contributed by atoms with E-state index in [0.717, 1.165) is 6.42 Å². The number of hydrogen-bond donors (Lipinski definition) is 0. The summed E-state index contributed by atoms with van der Waals surface area (Å²) in [6, 6.07) is 0. The Morgan fingerprint density at radius 2 is 2.22 bits per heavy atom. The molecule has 1 aliphatic heterocycles. The van der Waals surface area contributed by atoms with Crippen LogP contribution in [0, 0.1) is 0 Å². The highest BCUT2D eigenvalue weighted by molar-refractivity contribution is 7.75. The topological polar surface area (TPSA) is 35.5 Å². The average molecular weight is 150 g/mol. The van der Waals surface area contributed by atoms with Gasteiger partial charge in [0, 0.05) is 6.42 Å². The Bertz CT molecular complexity index is 132. The Hall–Kier alpha value is 0.0700. The molecule has 1 aliphatic rings. The summed E-state index contributed by atoms with van der Waals surface area (Å²) in [4.78, 5) is 0. The molecule has 4 heteroatoms. The van der Waals surface area contributed by atoms with Crippen LogP contribution >= 0.6 is 0 Å². The maximum Gasteiger partial charge on any atom is 0.305 e. The van der Waals surface area contributed by atoms with Crippen LogP contribution < -0.4 is 0 Å². The molecule has 9 heavy (non-hydrogen) atoms. The van der Waals surface area contributed by atoms with Crippen LogP contribution in [0.3, 0.4) is 0 Å². The van der Waals surface area contributed by atoms with Crippen LogP contribution in [-0.2, 0) is 19.7 Å². The Kier molecular flexibility index (Phi) is 1.88. The first-order chi connectivity index (χ1) is 4.10. The average Bonchev–Trinajstić information content (AvgIpc) is 1.60. The summed E-state index contributed by atoms with van der Waals surface area (Å²) >= 11 is -1.51. The van der Waals surface area contributed by atoms with E-state index in [2.05, 4.69) is 4.18 Å². The van der Waals surface area contributed by atoms with Crippen molar-refractivity contribution in [3.05, 3.63) is 0 Å². The van der Waals surface area contributed by atoms with Crippen LogP contribution in [-0.4, -0.2) is 16.4 Å². The highest BCUT2D eigenvalue weighted by Gasteiger charge is 2.27. The second-order valence-electron chi connectivity index (χ2n) is 2.62. The van der Waals surface area contributed by atoms with E-state index in [-0.39, 0.29) is 5.60 Å². The fraction of sp³-hybridized carbons (Fsp3) is 1.00. The van der Waals surface area contributed by atoms with Crippen LogP contribution in [0.1, 0.15) is 20.3 Å². The maximum absolute atomic E-state index is 10.5. The van der Waals surface area contributed by atoms with Gasteiger partial charge in [0.2, 0.25) is 0 Å². The molecule has 0 radical (unpaired) electrons. The first-order valence-corrected chi connectivity index (χ1v) is 3.85. The van der Waals surface area contributed by atoms with Gasteiger partial charge in [0.25, 0.3) is 0 Å². The van der Waals surface area contributed by atoms with E-state index in [1.165, 1.54) is 0 Å². The number of hydrogen-bond acceptors (Lipinski definition) is 3. The first kappa shape index (κ1) is 7.18. The van der Waals surface area contributed by atoms with Crippen molar-refractivity contribution in [2.75, 3.05) is 6.61 Å². The first-order valence-electron chi connectivity index (χ1n) is 2.85. The fourth-order valence-corrected chi connectivity index (χ4v) is 1.32. The third-order valence-electron chi connectivity index (χ3n) is 1.18. The highest BCUT2D eigenvalue weighted by atomic mass is 32.2. The monoisotopic (exact) mass is 150 g/mol. The standard InChI is InChI=1S/C5H10O3S/c1-5(2)3-4-7-9(6)8-5/h3-4H2,1-2H3. The minimum Gasteiger partial charge on any atom is -0.268 e. The van der Waals surface area contributed by atoms with E-state index in [1.807, 2.05) is 13.8 Å². The lowest BCUT2D eigenvalue weighted by molar-refractivity contribution is 0.0445. The van der Waals surface area contributed by atoms with Crippen molar-refractivity contribution in [2.45, 2.75) is 25.9 Å². The molecule has 1 rings (SSSR count). The van der Waals surface area contributed by atoms with Crippen molar-refractivity contribution in [2.24, 2.45) is 0 Å². The summed E-state index contributed by atoms with van der Waals surface area (Å²) in [6.45, 7) is 4.32. The van der Waals surface area contributed by atoms with Gasteiger partial charge in [0.05, 0.1) is 12.2 Å². The van der Waals surface area contributed by atoms with E-state index in [0.29, 0.717) is 6.61 Å². The molecule has 1 heterocycles. The summed E-state index contributed by atoms with van der Waals surface area (Å²) in [5.74, 6) is 0. The minimum atomic E-state index is -1.51. The normalized spacial score (nSPS) is 34.2. The molecular weight excluding hydrogens is 140 g/mol. The molecule has 0 aromatic rings. The Morgan fingerprint density at radius 1 is 1.56 bits per heavy atom. The zero-order valence-corrected chi connectivity index (χ0v) is 6.36. The van der Waals surface area contributed by atoms with Gasteiger partial charge in [-0.05, 0) is 13.8 Å². The van der Waals surface area contributed by atoms with E-state index in [1.54, 1.807) is 0 Å². The molecule has 3 nitrogen and oxygen atoms in total. The van der Waals surface area contributed by atoms with E-state index in [9.17, 15) is 4.21 Å². The summed E-state index contributed by atoms with van der Waals surface area (Å²) in [6.07, 6.45) is 0.804. The van der Waals surface area contributed by atoms with E-state index in [4.69, 9.17) is 4.18 Å². The molecule has 1 fully saturated rings. The van der Waals surface area contributed by atoms with Crippen molar-refractivity contribution < 1.29 is 12.6 Å². The minimum absolute atomic E-state index is 0.275. The fourth-order valence-electron chi connectivity index (χ4n) is 0.605. The van der Waals surface area contributed by atoms with Crippen LogP contribution in [0.4, 0.5) is 0 Å². The molecule has 1 unspecified atom stereocenters. The van der Waals surface area contributed by atoms with E-state index < -0.39 is 11.4 Å². The molecule has 1 atom stereocenters. The molecule has 0 aromatic heterocycles. The predicted molar refractivity (Wildman–Crippen MR) is 33.9 cm³/mol. The molecule has 0 amide bonds. The summed E-state index contributed by atoms with van der Waals surface area (Å²) in [5, 5.41) is 0. The predicted octanol–water partition coefficient (Wildman–Crippen LogP) is 0.781. The van der Waals surface area contributed by atoms with Gasteiger partial charge in [-0.1, -0.05) is 0 Å². The third kappa shape index (κ3) is 2.04. The zero-order chi connectivity index (χ0) is 6.91. The SMILES string of the molecule is CC1(C)CCOS(=O)O1. The Morgan fingerprint density at radius 3 is 2.56 bits per heavy atom. The summed E-state index contributed by atoms with van der Waals surface area (Å²) in [5.41, 5.74) is -0.275. The van der Waals surface area contributed by atoms with Gasteiger partial charge in [-0.25, -0.2) is 0 Å². The van der Waals surface area contributed by atoms with Crippen molar-refractivity contribution >= 4 is 11.4 Å². The number of rotatable bonds is 0. The molecule has 0 saturated carbocycles. The van der Waals surface area contributed by atoms with Crippen molar-refractivity contribution in [1.29, 1.82) is 0 Å². The van der Waals surface area contributed by atoms with Crippen molar-refractivity contribution in [3.8, 4) is 0 Å². The molecule has 0 aliphatic carbocycles. The Balaban J connectivity index is 2.51. The van der Waals surface area contributed by atoms with Gasteiger partial charge < -0.3 is 0 Å². The Labute approximate surface area is 57.2 Å². The molecular formula is C5H10O3S. The van der Waals surface area contributed by atoms with Crippen molar-refractivity contribution in [3.63, 3.8) is 0 Å². The van der Waals surface area contributed by atoms with Gasteiger partial charge in [-0.15, -0.1) is 0 Å². The molecule has 0 N–H and O–H groups in total. The second kappa shape index (κ2) is 2.36. The summed E-state index contributed by atoms with van der Waals surface area (Å²) in [7, 11) is 0. The van der Waals surface area contributed by atoms with E-state index >= 15 is 0 Å². The van der Waals surface area contributed by atoms with Crippen LogP contribution in [0.15, 0.2) is 0 Å². The largest absolute Gasteiger partial charge is 0.305 e. The second-order valence-corrected chi connectivity index (χ2v) is 3.43. The molecule has 0 aromatic carbocycles. The maximum atomic E-state index is 10.5. The van der Waals surface area contributed by atoms with Crippen LogP contribution in [0.2, 0.25) is 0 Å². The zero-order valence-electron chi connectivity index (χ0n) is 5.55. The van der Waals surface area contributed by atoms with Gasteiger partial charge in [-0.3, -0.25) is 8.37 Å². The smallest absolute Gasteiger partial charge is 0.268 e. The van der Waals surface area contributed by atoms with Gasteiger partial charge in [0.1, 0.15) is 0 Å². The van der Waals surface area contributed by atoms with Crippen LogP contribution in [0.5, 0.6) is 0 Å². The molecule has 54 valence electrons. The molecule has 1 saturated heterocycles. The summed E-state index contributed by atoms with van der Waals surface area (Å²) < 4.78 is 20.1. The lowest BCUT2D eigenvalue weighted by Crippen LogP contribution is -2.32. The van der Waals surface area contributed by atoms with Crippen molar-refractivity contribution in [1.82, 2.24) is 0 Å². The quantitative estimate of drug-likeness (QED) is 0.512. The molecule has 0 bridgehead atoms. The third-order valence-corrected chi connectivity index (χ3v) is 2.12. The molecule has 0 spiro atoms. The van der Waals surface area contributed by atoms with Gasteiger partial charge >= 0.3 is 11.4 Å². The van der Waals surface area contributed by atoms with Crippen LogP contribution in [0.25, 0.3) is 0 Å². The van der Waals surface area contributed by atoms with Gasteiger partial charge in [-0.2, -0.15) is 4.21 Å². The lowest BCUT2D eigenvalue weighted by Gasteiger charge is -2.26.